The molecule has 0 saturated carbocycles. The zero-order valence-electron chi connectivity index (χ0n) is 22.6. The van der Waals surface area contributed by atoms with Gasteiger partial charge in [0.05, 0.1) is 42.7 Å². The van der Waals surface area contributed by atoms with Crippen molar-refractivity contribution in [3.63, 3.8) is 0 Å². The summed E-state index contributed by atoms with van der Waals surface area (Å²) in [6, 6.07) is 12.8. The molecule has 1 aliphatic rings. The highest BCUT2D eigenvalue weighted by Crippen LogP contribution is 2.36. The lowest BCUT2D eigenvalue weighted by atomic mass is 9.95. The smallest absolute Gasteiger partial charge is 0.338 e. The van der Waals surface area contributed by atoms with Crippen molar-refractivity contribution < 1.29 is 19.0 Å². The molecular formula is C29H33N3O5S. The summed E-state index contributed by atoms with van der Waals surface area (Å²) in [7, 11) is 3.11. The number of methoxy groups -OCH3 is 2. The molecule has 0 amide bonds. The topological polar surface area (TPSA) is 82.4 Å². The van der Waals surface area contributed by atoms with E-state index in [0.29, 0.717) is 37.7 Å². The van der Waals surface area contributed by atoms with E-state index in [1.54, 1.807) is 44.8 Å². The Hall–Kier alpha value is -3.85. The minimum atomic E-state index is -0.725. The first-order valence-electron chi connectivity index (χ1n) is 12.6. The standard InChI is InChI=1S/C29H33N3O5S/c1-7-31(8-2)21-13-10-19(11-14-21)16-24-27(33)32-26(20-12-15-22(35-5)23(17-20)36-6)25(28(34)37-9-3)18(4)30-29(32)38-24/h10-17,26H,7-9H2,1-6H3/t26-/m1/s1. The van der Waals surface area contributed by atoms with Crippen molar-refractivity contribution in [3.8, 4) is 11.5 Å². The van der Waals surface area contributed by atoms with Crippen LogP contribution in [-0.2, 0) is 9.53 Å². The molecule has 4 rings (SSSR count). The molecule has 2 aromatic carbocycles. The number of fused-ring (bicyclic) bond motifs is 1. The summed E-state index contributed by atoms with van der Waals surface area (Å²) in [6.45, 7) is 9.82. The largest absolute Gasteiger partial charge is 0.493 e. The van der Waals surface area contributed by atoms with Crippen LogP contribution >= 0.6 is 11.3 Å². The number of nitrogens with zero attached hydrogens (tertiary/aromatic N) is 3. The number of carbonyl (C=O) groups excluding carboxylic acids is 1. The van der Waals surface area contributed by atoms with Crippen LogP contribution in [0.25, 0.3) is 6.08 Å². The molecule has 200 valence electrons. The molecule has 1 atom stereocenters. The normalized spacial score (nSPS) is 15.1. The average Bonchev–Trinajstić information content (AvgIpc) is 3.23. The summed E-state index contributed by atoms with van der Waals surface area (Å²) in [4.78, 5) is 34.4. The fraction of sp³-hybridized carbons (Fsp3) is 0.345. The van der Waals surface area contributed by atoms with E-state index in [2.05, 4.69) is 35.9 Å². The first kappa shape index (κ1) is 27.2. The highest BCUT2D eigenvalue weighted by Gasteiger charge is 2.33. The third kappa shape index (κ3) is 5.11. The molecule has 0 unspecified atom stereocenters. The molecule has 38 heavy (non-hydrogen) atoms. The Labute approximate surface area is 226 Å². The fourth-order valence-corrected chi connectivity index (χ4v) is 5.70. The summed E-state index contributed by atoms with van der Waals surface area (Å²) in [5, 5.41) is 0. The zero-order valence-corrected chi connectivity index (χ0v) is 23.4. The van der Waals surface area contributed by atoms with Gasteiger partial charge in [0, 0.05) is 18.8 Å². The summed E-state index contributed by atoms with van der Waals surface area (Å²) in [6.07, 6.45) is 1.87. The minimum absolute atomic E-state index is 0.210. The number of esters is 1. The van der Waals surface area contributed by atoms with Crippen molar-refractivity contribution in [2.75, 3.05) is 38.8 Å². The number of aromatic nitrogens is 1. The van der Waals surface area contributed by atoms with Crippen molar-refractivity contribution in [1.29, 1.82) is 0 Å². The van der Waals surface area contributed by atoms with Gasteiger partial charge in [-0.2, -0.15) is 0 Å². The Bertz CT molecular complexity index is 1530. The van der Waals surface area contributed by atoms with E-state index in [1.165, 1.54) is 11.3 Å². The van der Waals surface area contributed by atoms with E-state index in [0.717, 1.165) is 24.3 Å². The number of ether oxygens (including phenoxy) is 3. The molecule has 8 nitrogen and oxygen atoms in total. The summed E-state index contributed by atoms with van der Waals surface area (Å²) in [5.74, 6) is 0.545. The summed E-state index contributed by atoms with van der Waals surface area (Å²) in [5.41, 5.74) is 3.35. The second kappa shape index (κ2) is 11.7. The van der Waals surface area contributed by atoms with Gasteiger partial charge in [0.1, 0.15) is 0 Å². The monoisotopic (exact) mass is 535 g/mol. The number of benzene rings is 2. The second-order valence-corrected chi connectivity index (χ2v) is 9.69. The fourth-order valence-electron chi connectivity index (χ4n) is 4.65. The van der Waals surface area contributed by atoms with Crippen LogP contribution in [0, 0.1) is 0 Å². The van der Waals surface area contributed by atoms with Crippen molar-refractivity contribution in [2.24, 2.45) is 4.99 Å². The quantitative estimate of drug-likeness (QED) is 0.389. The molecule has 0 radical (unpaired) electrons. The van der Waals surface area contributed by atoms with Gasteiger partial charge in [0.25, 0.3) is 5.56 Å². The zero-order chi connectivity index (χ0) is 27.4. The van der Waals surface area contributed by atoms with E-state index >= 15 is 0 Å². The molecule has 0 N–H and O–H groups in total. The predicted octanol–water partition coefficient (Wildman–Crippen LogP) is 3.66. The van der Waals surface area contributed by atoms with Crippen LogP contribution in [0.1, 0.15) is 44.9 Å². The number of allylic oxidation sites excluding steroid dienone is 1. The predicted molar refractivity (Wildman–Crippen MR) is 150 cm³/mol. The highest BCUT2D eigenvalue weighted by atomic mass is 32.1. The molecular weight excluding hydrogens is 502 g/mol. The van der Waals surface area contributed by atoms with Crippen LogP contribution in [0.15, 0.2) is 63.5 Å². The van der Waals surface area contributed by atoms with Gasteiger partial charge in [-0.15, -0.1) is 0 Å². The number of hydrogen-bond donors (Lipinski definition) is 0. The van der Waals surface area contributed by atoms with Gasteiger partial charge >= 0.3 is 5.97 Å². The van der Waals surface area contributed by atoms with Crippen LogP contribution in [-0.4, -0.2) is 44.5 Å². The number of rotatable bonds is 9. The van der Waals surface area contributed by atoms with E-state index < -0.39 is 12.0 Å². The number of anilines is 1. The molecule has 9 heteroatoms. The van der Waals surface area contributed by atoms with Crippen molar-refractivity contribution in [2.45, 2.75) is 33.7 Å². The van der Waals surface area contributed by atoms with E-state index in [9.17, 15) is 9.59 Å². The molecule has 0 aliphatic carbocycles. The second-order valence-electron chi connectivity index (χ2n) is 8.68. The molecule has 2 heterocycles. The Morgan fingerprint density at radius 1 is 1.05 bits per heavy atom. The number of carbonyl (C=O) groups is 1. The van der Waals surface area contributed by atoms with Crippen LogP contribution in [0.2, 0.25) is 0 Å². The molecule has 1 aromatic heterocycles. The SMILES string of the molecule is CCOC(=O)C1=C(C)N=c2sc(=Cc3ccc(N(CC)CC)cc3)c(=O)n2[C@@H]1c1ccc(OC)c(OC)c1. The van der Waals surface area contributed by atoms with Crippen molar-refractivity contribution >= 4 is 29.1 Å². The highest BCUT2D eigenvalue weighted by molar-refractivity contribution is 7.07. The van der Waals surface area contributed by atoms with Gasteiger partial charge in [-0.05, 0) is 69.2 Å². The summed E-state index contributed by atoms with van der Waals surface area (Å²) >= 11 is 1.30. The molecule has 0 saturated heterocycles. The van der Waals surface area contributed by atoms with Crippen molar-refractivity contribution in [1.82, 2.24) is 4.57 Å². The third-order valence-corrected chi connectivity index (χ3v) is 7.54. The van der Waals surface area contributed by atoms with E-state index in [-0.39, 0.29) is 12.2 Å². The number of hydrogen-bond acceptors (Lipinski definition) is 8. The summed E-state index contributed by atoms with van der Waals surface area (Å²) < 4.78 is 18.4. The van der Waals surface area contributed by atoms with Crippen LogP contribution < -0.4 is 29.3 Å². The lowest BCUT2D eigenvalue weighted by Crippen LogP contribution is -2.40. The van der Waals surface area contributed by atoms with Gasteiger partial charge in [0.2, 0.25) is 0 Å². The molecule has 3 aromatic rings. The van der Waals surface area contributed by atoms with Crippen LogP contribution in [0.4, 0.5) is 5.69 Å². The van der Waals surface area contributed by atoms with Gasteiger partial charge in [0.15, 0.2) is 16.3 Å². The van der Waals surface area contributed by atoms with Gasteiger partial charge in [-0.25, -0.2) is 9.79 Å². The van der Waals surface area contributed by atoms with Crippen LogP contribution in [0.5, 0.6) is 11.5 Å². The maximum atomic E-state index is 13.8. The van der Waals surface area contributed by atoms with Gasteiger partial charge in [-0.3, -0.25) is 9.36 Å². The van der Waals surface area contributed by atoms with E-state index in [1.807, 2.05) is 24.3 Å². The lowest BCUT2D eigenvalue weighted by Gasteiger charge is -2.25. The molecule has 0 fully saturated rings. The van der Waals surface area contributed by atoms with E-state index in [4.69, 9.17) is 14.2 Å². The lowest BCUT2D eigenvalue weighted by molar-refractivity contribution is -0.139. The van der Waals surface area contributed by atoms with Gasteiger partial charge < -0.3 is 19.1 Å². The number of thiazole rings is 1. The molecule has 1 aliphatic heterocycles. The first-order valence-corrected chi connectivity index (χ1v) is 13.4. The van der Waals surface area contributed by atoms with Crippen molar-refractivity contribution in [3.05, 3.63) is 84.5 Å². The minimum Gasteiger partial charge on any atom is -0.493 e. The first-order chi connectivity index (χ1) is 18.4. The Kier molecular flexibility index (Phi) is 8.36. The van der Waals surface area contributed by atoms with Crippen LogP contribution in [0.3, 0.4) is 0 Å². The molecule has 0 spiro atoms. The Morgan fingerprint density at radius 3 is 2.34 bits per heavy atom. The third-order valence-electron chi connectivity index (χ3n) is 6.56. The Balaban J connectivity index is 1.88. The molecule has 0 bridgehead atoms. The Morgan fingerprint density at radius 2 is 1.74 bits per heavy atom. The van der Waals surface area contributed by atoms with Gasteiger partial charge in [-0.1, -0.05) is 29.5 Å². The average molecular weight is 536 g/mol. The maximum absolute atomic E-state index is 13.8. The maximum Gasteiger partial charge on any atom is 0.338 e.